The lowest BCUT2D eigenvalue weighted by Crippen LogP contribution is -2.22. The summed E-state index contributed by atoms with van der Waals surface area (Å²) in [4.78, 5) is 0. The monoisotopic (exact) mass is 207 g/mol. The summed E-state index contributed by atoms with van der Waals surface area (Å²) in [6, 6.07) is 0. The van der Waals surface area contributed by atoms with E-state index in [4.69, 9.17) is 16.3 Å². The first-order valence-electron chi connectivity index (χ1n) is 5.15. The summed E-state index contributed by atoms with van der Waals surface area (Å²) in [7, 11) is 0. The highest BCUT2D eigenvalue weighted by Crippen LogP contribution is 1.95. The van der Waals surface area contributed by atoms with Crippen molar-refractivity contribution in [3.63, 3.8) is 0 Å². The fourth-order valence-electron chi connectivity index (χ4n) is 1.01. The fourth-order valence-corrected chi connectivity index (χ4v) is 1.20. The Morgan fingerprint density at radius 2 is 1.92 bits per heavy atom. The van der Waals surface area contributed by atoms with Gasteiger partial charge in [-0.05, 0) is 33.2 Å². The average molecular weight is 208 g/mol. The van der Waals surface area contributed by atoms with Crippen LogP contribution in [0, 0.1) is 0 Å². The molecule has 0 radical (unpaired) electrons. The van der Waals surface area contributed by atoms with Crippen LogP contribution in [-0.2, 0) is 4.74 Å². The van der Waals surface area contributed by atoms with Gasteiger partial charge in [0.25, 0.3) is 0 Å². The summed E-state index contributed by atoms with van der Waals surface area (Å²) in [6.07, 6.45) is 3.92. The summed E-state index contributed by atoms with van der Waals surface area (Å²) in [5.41, 5.74) is 0. The van der Waals surface area contributed by atoms with Crippen LogP contribution in [0.5, 0.6) is 0 Å². The van der Waals surface area contributed by atoms with Gasteiger partial charge in [-0.1, -0.05) is 6.42 Å². The third kappa shape index (κ3) is 12.2. The van der Waals surface area contributed by atoms with E-state index in [2.05, 4.69) is 19.2 Å². The Balaban J connectivity index is 2.84. The first-order chi connectivity index (χ1) is 6.27. The van der Waals surface area contributed by atoms with E-state index in [1.165, 1.54) is 12.8 Å². The van der Waals surface area contributed by atoms with Crippen molar-refractivity contribution in [3.05, 3.63) is 0 Å². The van der Waals surface area contributed by atoms with E-state index < -0.39 is 0 Å². The van der Waals surface area contributed by atoms with E-state index in [0.29, 0.717) is 6.10 Å². The van der Waals surface area contributed by atoms with Crippen LogP contribution >= 0.6 is 11.6 Å². The Morgan fingerprint density at radius 3 is 2.54 bits per heavy atom. The molecule has 0 aromatic carbocycles. The number of alkyl halides is 1. The first kappa shape index (κ1) is 13.2. The van der Waals surface area contributed by atoms with Crippen molar-refractivity contribution in [3.8, 4) is 0 Å². The predicted octanol–water partition coefficient (Wildman–Crippen LogP) is 2.41. The van der Waals surface area contributed by atoms with Gasteiger partial charge in [-0.15, -0.1) is 11.6 Å². The molecule has 0 rings (SSSR count). The molecule has 0 aliphatic carbocycles. The smallest absolute Gasteiger partial charge is 0.0594 e. The van der Waals surface area contributed by atoms with E-state index in [-0.39, 0.29) is 0 Å². The fraction of sp³-hybridized carbons (Fsp3) is 1.00. The normalized spacial score (nSPS) is 11.1. The standard InChI is InChI=1S/C10H22ClNO/c1-10(2)13-9-8-12-7-5-3-4-6-11/h10,12H,3-9H2,1-2H3. The highest BCUT2D eigenvalue weighted by molar-refractivity contribution is 6.17. The summed E-state index contributed by atoms with van der Waals surface area (Å²) in [6.45, 7) is 6.96. The van der Waals surface area contributed by atoms with Gasteiger partial charge in [-0.2, -0.15) is 0 Å². The largest absolute Gasteiger partial charge is 0.377 e. The molecule has 0 aromatic heterocycles. The maximum atomic E-state index is 5.56. The topological polar surface area (TPSA) is 21.3 Å². The number of unbranched alkanes of at least 4 members (excludes halogenated alkanes) is 2. The van der Waals surface area contributed by atoms with Gasteiger partial charge in [0.05, 0.1) is 12.7 Å². The molecule has 0 aromatic rings. The van der Waals surface area contributed by atoms with Crippen molar-refractivity contribution in [2.75, 3.05) is 25.6 Å². The van der Waals surface area contributed by atoms with Crippen LogP contribution in [0.3, 0.4) is 0 Å². The average Bonchev–Trinajstić information content (AvgIpc) is 2.09. The van der Waals surface area contributed by atoms with Gasteiger partial charge in [-0.25, -0.2) is 0 Å². The molecule has 0 heterocycles. The van der Waals surface area contributed by atoms with Gasteiger partial charge in [0.15, 0.2) is 0 Å². The summed E-state index contributed by atoms with van der Waals surface area (Å²) in [5.74, 6) is 0.788. The summed E-state index contributed by atoms with van der Waals surface area (Å²) < 4.78 is 5.39. The lowest BCUT2D eigenvalue weighted by molar-refractivity contribution is 0.0809. The van der Waals surface area contributed by atoms with Crippen LogP contribution < -0.4 is 5.32 Å². The van der Waals surface area contributed by atoms with Crippen molar-refractivity contribution >= 4 is 11.6 Å². The van der Waals surface area contributed by atoms with Gasteiger partial charge in [-0.3, -0.25) is 0 Å². The molecule has 0 spiro atoms. The van der Waals surface area contributed by atoms with Crippen molar-refractivity contribution < 1.29 is 4.74 Å². The Hall–Kier alpha value is 0.210. The summed E-state index contributed by atoms with van der Waals surface area (Å²) in [5, 5.41) is 3.33. The quantitative estimate of drug-likeness (QED) is 0.463. The van der Waals surface area contributed by atoms with E-state index in [9.17, 15) is 0 Å². The van der Waals surface area contributed by atoms with Gasteiger partial charge < -0.3 is 10.1 Å². The molecule has 0 atom stereocenters. The minimum atomic E-state index is 0.345. The molecule has 0 bridgehead atoms. The molecule has 0 saturated carbocycles. The van der Waals surface area contributed by atoms with E-state index in [1.807, 2.05) is 0 Å². The van der Waals surface area contributed by atoms with Gasteiger partial charge in [0.1, 0.15) is 0 Å². The Kier molecular flexibility index (Phi) is 10.5. The maximum Gasteiger partial charge on any atom is 0.0594 e. The molecule has 0 saturated heterocycles. The second-order valence-electron chi connectivity index (χ2n) is 3.42. The van der Waals surface area contributed by atoms with Crippen molar-refractivity contribution in [1.29, 1.82) is 0 Å². The Morgan fingerprint density at radius 1 is 1.15 bits per heavy atom. The third-order valence-corrected chi connectivity index (χ3v) is 1.98. The van der Waals surface area contributed by atoms with Crippen molar-refractivity contribution in [2.24, 2.45) is 0 Å². The number of ether oxygens (including phenoxy) is 1. The van der Waals surface area contributed by atoms with Crippen LogP contribution in [0.2, 0.25) is 0 Å². The Bertz CT molecular complexity index is 98.9. The number of rotatable bonds is 9. The predicted molar refractivity (Wildman–Crippen MR) is 58.5 cm³/mol. The number of hydrogen-bond donors (Lipinski definition) is 1. The lowest BCUT2D eigenvalue weighted by atomic mass is 10.2. The van der Waals surface area contributed by atoms with Crippen LogP contribution in [0.4, 0.5) is 0 Å². The molecule has 1 N–H and O–H groups in total. The summed E-state index contributed by atoms with van der Waals surface area (Å²) >= 11 is 5.56. The molecule has 0 unspecified atom stereocenters. The molecule has 2 nitrogen and oxygen atoms in total. The molecule has 0 amide bonds. The number of halogens is 1. The molecule has 0 fully saturated rings. The molecule has 3 heteroatoms. The van der Waals surface area contributed by atoms with Crippen LogP contribution in [0.25, 0.3) is 0 Å². The highest BCUT2D eigenvalue weighted by Gasteiger charge is 1.92. The zero-order valence-electron chi connectivity index (χ0n) is 8.81. The van der Waals surface area contributed by atoms with Gasteiger partial charge in [0, 0.05) is 12.4 Å². The maximum absolute atomic E-state index is 5.56. The van der Waals surface area contributed by atoms with Crippen LogP contribution in [0.15, 0.2) is 0 Å². The van der Waals surface area contributed by atoms with Crippen LogP contribution in [0.1, 0.15) is 33.1 Å². The second-order valence-corrected chi connectivity index (χ2v) is 3.80. The molecule has 13 heavy (non-hydrogen) atoms. The minimum absolute atomic E-state index is 0.345. The Labute approximate surface area is 87.0 Å². The lowest BCUT2D eigenvalue weighted by Gasteiger charge is -2.08. The second kappa shape index (κ2) is 10.3. The molecule has 0 aliphatic rings. The minimum Gasteiger partial charge on any atom is -0.377 e. The molecule has 0 aliphatic heterocycles. The van der Waals surface area contributed by atoms with Crippen LogP contribution in [-0.4, -0.2) is 31.7 Å². The van der Waals surface area contributed by atoms with Crippen molar-refractivity contribution in [2.45, 2.75) is 39.2 Å². The molecular formula is C10H22ClNO. The van der Waals surface area contributed by atoms with E-state index in [0.717, 1.165) is 32.0 Å². The SMILES string of the molecule is CC(C)OCCNCCCCCCl. The first-order valence-corrected chi connectivity index (χ1v) is 5.69. The number of hydrogen-bond acceptors (Lipinski definition) is 2. The van der Waals surface area contributed by atoms with Crippen molar-refractivity contribution in [1.82, 2.24) is 5.32 Å². The zero-order chi connectivity index (χ0) is 9.94. The van der Waals surface area contributed by atoms with E-state index in [1.54, 1.807) is 0 Å². The molecular weight excluding hydrogens is 186 g/mol. The third-order valence-electron chi connectivity index (χ3n) is 1.72. The van der Waals surface area contributed by atoms with E-state index >= 15 is 0 Å². The zero-order valence-corrected chi connectivity index (χ0v) is 9.57. The van der Waals surface area contributed by atoms with Gasteiger partial charge >= 0.3 is 0 Å². The highest BCUT2D eigenvalue weighted by atomic mass is 35.5. The molecule has 80 valence electrons. The van der Waals surface area contributed by atoms with Gasteiger partial charge in [0.2, 0.25) is 0 Å². The number of nitrogens with one attached hydrogen (secondary N) is 1.